The average molecular weight is 300 g/mol. The molecule has 0 radical (unpaired) electrons. The Hall–Kier alpha value is -2.27. The molecule has 0 atom stereocenters. The van der Waals surface area contributed by atoms with E-state index in [0.717, 1.165) is 15.5 Å². The van der Waals surface area contributed by atoms with Gasteiger partial charge in [-0.15, -0.1) is 0 Å². The number of nitrogen functional groups attached to an aromatic ring is 1. The number of ketones is 1. The van der Waals surface area contributed by atoms with Gasteiger partial charge in [0.1, 0.15) is 0 Å². The van der Waals surface area contributed by atoms with Crippen molar-refractivity contribution in [2.45, 2.75) is 23.6 Å². The summed E-state index contributed by atoms with van der Waals surface area (Å²) >= 11 is 1.55. The van der Waals surface area contributed by atoms with Crippen molar-refractivity contribution in [2.75, 3.05) is 11.1 Å². The normalized spacial score (nSPS) is 10.2. The van der Waals surface area contributed by atoms with E-state index in [9.17, 15) is 9.59 Å². The molecule has 0 fully saturated rings. The number of rotatable bonds is 4. The van der Waals surface area contributed by atoms with Crippen LogP contribution in [0.3, 0.4) is 0 Å². The standard InChI is InChI=1S/C16H16N2O2S/c1-10(19)15-8-7-14(9-16(15)17)21-13-5-3-12(4-6-13)18-11(2)20/h3-9H,17H2,1-2H3,(H,18,20). The summed E-state index contributed by atoms with van der Waals surface area (Å²) in [5, 5.41) is 2.72. The molecule has 0 saturated carbocycles. The molecule has 0 aliphatic rings. The van der Waals surface area contributed by atoms with Crippen molar-refractivity contribution in [3.8, 4) is 0 Å². The lowest BCUT2D eigenvalue weighted by Crippen LogP contribution is -2.05. The van der Waals surface area contributed by atoms with Gasteiger partial charge in [-0.2, -0.15) is 0 Å². The van der Waals surface area contributed by atoms with Crippen molar-refractivity contribution in [3.63, 3.8) is 0 Å². The van der Waals surface area contributed by atoms with E-state index in [1.165, 1.54) is 13.8 Å². The second-order valence-electron chi connectivity index (χ2n) is 4.61. The Balaban J connectivity index is 2.13. The Bertz CT molecular complexity index is 681. The van der Waals surface area contributed by atoms with Crippen molar-refractivity contribution < 1.29 is 9.59 Å². The molecule has 2 rings (SSSR count). The zero-order chi connectivity index (χ0) is 15.4. The summed E-state index contributed by atoms with van der Waals surface area (Å²) in [5.74, 6) is -0.133. The van der Waals surface area contributed by atoms with Gasteiger partial charge in [0.05, 0.1) is 0 Å². The Labute approximate surface area is 127 Å². The zero-order valence-corrected chi connectivity index (χ0v) is 12.7. The molecule has 0 aliphatic carbocycles. The minimum Gasteiger partial charge on any atom is -0.398 e. The predicted octanol–water partition coefficient (Wildman–Crippen LogP) is 3.58. The Morgan fingerprint density at radius 3 is 2.14 bits per heavy atom. The fraction of sp³-hybridized carbons (Fsp3) is 0.125. The summed E-state index contributed by atoms with van der Waals surface area (Å²) in [6.45, 7) is 2.97. The van der Waals surface area contributed by atoms with Crippen molar-refractivity contribution in [1.29, 1.82) is 0 Å². The number of nitrogens with one attached hydrogen (secondary N) is 1. The van der Waals surface area contributed by atoms with Gasteiger partial charge in [-0.1, -0.05) is 11.8 Å². The van der Waals surface area contributed by atoms with Gasteiger partial charge in [0.25, 0.3) is 0 Å². The molecule has 5 heteroatoms. The summed E-state index contributed by atoms with van der Waals surface area (Å²) < 4.78 is 0. The molecule has 108 valence electrons. The lowest BCUT2D eigenvalue weighted by atomic mass is 10.1. The molecule has 0 saturated heterocycles. The number of carbonyl (C=O) groups excluding carboxylic acids is 2. The van der Waals surface area contributed by atoms with E-state index in [-0.39, 0.29) is 11.7 Å². The maximum Gasteiger partial charge on any atom is 0.221 e. The van der Waals surface area contributed by atoms with Crippen LogP contribution >= 0.6 is 11.8 Å². The third-order valence-corrected chi connectivity index (χ3v) is 3.81. The number of hydrogen-bond acceptors (Lipinski definition) is 4. The minimum atomic E-state index is -0.0944. The number of Topliss-reactive ketones (excluding diaryl/α,β-unsaturated/α-hetero) is 1. The molecular formula is C16H16N2O2S. The van der Waals surface area contributed by atoms with E-state index in [1.807, 2.05) is 30.3 Å². The van der Waals surface area contributed by atoms with Gasteiger partial charge in [-0.05, 0) is 49.4 Å². The highest BCUT2D eigenvalue weighted by Crippen LogP contribution is 2.30. The molecule has 3 N–H and O–H groups in total. The van der Waals surface area contributed by atoms with Gasteiger partial charge < -0.3 is 11.1 Å². The van der Waals surface area contributed by atoms with Crippen molar-refractivity contribution in [2.24, 2.45) is 0 Å². The second kappa shape index (κ2) is 6.45. The second-order valence-corrected chi connectivity index (χ2v) is 5.76. The number of hydrogen-bond donors (Lipinski definition) is 2. The highest BCUT2D eigenvalue weighted by molar-refractivity contribution is 7.99. The molecule has 1 amide bonds. The molecule has 0 heterocycles. The van der Waals surface area contributed by atoms with Crippen LogP contribution in [0.1, 0.15) is 24.2 Å². The first-order valence-corrected chi connectivity index (χ1v) is 7.23. The molecular weight excluding hydrogens is 284 g/mol. The zero-order valence-electron chi connectivity index (χ0n) is 11.8. The molecule has 21 heavy (non-hydrogen) atoms. The number of nitrogens with two attached hydrogens (primary N) is 1. The topological polar surface area (TPSA) is 72.2 Å². The molecule has 0 aliphatic heterocycles. The summed E-state index contributed by atoms with van der Waals surface area (Å²) in [6, 6.07) is 12.9. The summed E-state index contributed by atoms with van der Waals surface area (Å²) in [6.07, 6.45) is 0. The number of amides is 1. The maximum atomic E-state index is 11.3. The molecule has 0 unspecified atom stereocenters. The van der Waals surface area contributed by atoms with Crippen LogP contribution in [-0.4, -0.2) is 11.7 Å². The Kier molecular flexibility index (Phi) is 4.65. The van der Waals surface area contributed by atoms with Gasteiger partial charge in [-0.25, -0.2) is 0 Å². The van der Waals surface area contributed by atoms with Crippen LogP contribution in [0.2, 0.25) is 0 Å². The van der Waals surface area contributed by atoms with Crippen molar-refractivity contribution in [1.82, 2.24) is 0 Å². The lowest BCUT2D eigenvalue weighted by Gasteiger charge is -2.07. The van der Waals surface area contributed by atoms with E-state index < -0.39 is 0 Å². The highest BCUT2D eigenvalue weighted by Gasteiger charge is 2.06. The van der Waals surface area contributed by atoms with Crippen LogP contribution in [0.4, 0.5) is 11.4 Å². The summed E-state index contributed by atoms with van der Waals surface area (Å²) in [7, 11) is 0. The minimum absolute atomic E-state index is 0.0382. The van der Waals surface area contributed by atoms with Crippen LogP contribution in [0.5, 0.6) is 0 Å². The lowest BCUT2D eigenvalue weighted by molar-refractivity contribution is -0.114. The maximum absolute atomic E-state index is 11.3. The Morgan fingerprint density at radius 1 is 1.00 bits per heavy atom. The quantitative estimate of drug-likeness (QED) is 0.668. The molecule has 2 aromatic carbocycles. The molecule has 0 spiro atoms. The van der Waals surface area contributed by atoms with Gasteiger partial charge in [0.2, 0.25) is 5.91 Å². The first kappa shape index (κ1) is 15.1. The van der Waals surface area contributed by atoms with E-state index in [1.54, 1.807) is 23.9 Å². The number of benzene rings is 2. The van der Waals surface area contributed by atoms with Crippen LogP contribution in [0.15, 0.2) is 52.3 Å². The van der Waals surface area contributed by atoms with Gasteiger partial charge >= 0.3 is 0 Å². The van der Waals surface area contributed by atoms with Crippen molar-refractivity contribution >= 4 is 34.8 Å². The first-order valence-electron chi connectivity index (χ1n) is 6.41. The largest absolute Gasteiger partial charge is 0.398 e. The van der Waals surface area contributed by atoms with E-state index in [0.29, 0.717) is 11.3 Å². The molecule has 4 nitrogen and oxygen atoms in total. The fourth-order valence-electron chi connectivity index (χ4n) is 1.87. The Morgan fingerprint density at radius 2 is 1.62 bits per heavy atom. The summed E-state index contributed by atoms with van der Waals surface area (Å²) in [5.41, 5.74) is 7.67. The van der Waals surface area contributed by atoms with Crippen LogP contribution in [0, 0.1) is 0 Å². The smallest absolute Gasteiger partial charge is 0.221 e. The highest BCUT2D eigenvalue weighted by atomic mass is 32.2. The summed E-state index contributed by atoms with van der Waals surface area (Å²) in [4.78, 5) is 24.3. The third kappa shape index (κ3) is 4.10. The van der Waals surface area contributed by atoms with E-state index in [4.69, 9.17) is 5.73 Å². The third-order valence-electron chi connectivity index (χ3n) is 2.81. The van der Waals surface area contributed by atoms with Gasteiger partial charge in [0, 0.05) is 33.7 Å². The average Bonchev–Trinajstić information content (AvgIpc) is 2.40. The molecule has 0 aromatic heterocycles. The van der Waals surface area contributed by atoms with Crippen LogP contribution < -0.4 is 11.1 Å². The number of carbonyl (C=O) groups is 2. The number of anilines is 2. The molecule has 2 aromatic rings. The monoisotopic (exact) mass is 300 g/mol. The van der Waals surface area contributed by atoms with Crippen molar-refractivity contribution in [3.05, 3.63) is 48.0 Å². The van der Waals surface area contributed by atoms with Gasteiger partial charge in [0.15, 0.2) is 5.78 Å². The van der Waals surface area contributed by atoms with E-state index >= 15 is 0 Å². The SMILES string of the molecule is CC(=O)Nc1ccc(Sc2ccc(C(C)=O)c(N)c2)cc1. The van der Waals surface area contributed by atoms with Gasteiger partial charge in [-0.3, -0.25) is 9.59 Å². The van der Waals surface area contributed by atoms with E-state index in [2.05, 4.69) is 5.32 Å². The van der Waals surface area contributed by atoms with Crippen LogP contribution in [0.25, 0.3) is 0 Å². The fourth-order valence-corrected chi connectivity index (χ4v) is 2.74. The van der Waals surface area contributed by atoms with Crippen LogP contribution in [-0.2, 0) is 4.79 Å². The predicted molar refractivity (Wildman–Crippen MR) is 85.7 cm³/mol. The first-order chi connectivity index (χ1) is 9.95. The molecule has 0 bridgehead atoms.